The van der Waals surface area contributed by atoms with Gasteiger partial charge in [-0.15, -0.1) is 12.4 Å². The third-order valence-corrected chi connectivity index (χ3v) is 3.96. The average molecular weight is 279 g/mol. The fraction of sp³-hybridized carbons (Fsp3) is 0.357. The molecule has 0 aliphatic carbocycles. The van der Waals surface area contributed by atoms with E-state index in [1.54, 1.807) is 12.5 Å². The number of halogens is 1. The molecule has 2 unspecified atom stereocenters. The highest BCUT2D eigenvalue weighted by atomic mass is 35.5. The van der Waals surface area contributed by atoms with Gasteiger partial charge in [0.15, 0.2) is 0 Å². The molecule has 1 aromatic carbocycles. The van der Waals surface area contributed by atoms with E-state index in [0.717, 1.165) is 18.7 Å². The van der Waals surface area contributed by atoms with Crippen molar-refractivity contribution in [1.29, 1.82) is 0 Å². The predicted octanol–water partition coefficient (Wildman–Crippen LogP) is 2.35. The lowest BCUT2D eigenvalue weighted by Crippen LogP contribution is -2.27. The molecule has 4 rings (SSSR count). The Morgan fingerprint density at radius 2 is 2.21 bits per heavy atom. The minimum Gasteiger partial charge on any atom is -0.371 e. The molecule has 1 saturated heterocycles. The topological polar surface area (TPSA) is 47.3 Å². The van der Waals surface area contributed by atoms with Crippen LogP contribution in [0.1, 0.15) is 17.0 Å². The molecule has 4 nitrogen and oxygen atoms in total. The number of aromatic nitrogens is 1. The SMILES string of the molecule is Cl.c1cc(-c2cnoc2)c2c(c1)C1CNCC1OC2. The molecular formula is C14H15ClN2O2. The number of benzene rings is 1. The van der Waals surface area contributed by atoms with Crippen LogP contribution in [-0.4, -0.2) is 24.4 Å². The van der Waals surface area contributed by atoms with Gasteiger partial charge < -0.3 is 14.6 Å². The fourth-order valence-corrected chi connectivity index (χ4v) is 3.05. The molecule has 1 N–H and O–H groups in total. The number of hydrogen-bond acceptors (Lipinski definition) is 4. The molecule has 3 heterocycles. The summed E-state index contributed by atoms with van der Waals surface area (Å²) in [7, 11) is 0. The zero-order chi connectivity index (χ0) is 11.9. The second-order valence-electron chi connectivity index (χ2n) is 4.90. The van der Waals surface area contributed by atoms with E-state index in [2.05, 4.69) is 28.7 Å². The highest BCUT2D eigenvalue weighted by Crippen LogP contribution is 2.38. The molecule has 1 fully saturated rings. The van der Waals surface area contributed by atoms with Crippen molar-refractivity contribution in [2.45, 2.75) is 18.6 Å². The van der Waals surface area contributed by atoms with Crippen molar-refractivity contribution in [3.63, 3.8) is 0 Å². The Hall–Kier alpha value is -1.36. The van der Waals surface area contributed by atoms with E-state index < -0.39 is 0 Å². The van der Waals surface area contributed by atoms with Crippen LogP contribution in [0.5, 0.6) is 0 Å². The summed E-state index contributed by atoms with van der Waals surface area (Å²) in [4.78, 5) is 0. The van der Waals surface area contributed by atoms with Crippen molar-refractivity contribution in [2.75, 3.05) is 13.1 Å². The molecule has 0 bridgehead atoms. The Labute approximate surface area is 117 Å². The first-order valence-electron chi connectivity index (χ1n) is 6.27. The number of rotatable bonds is 1. The van der Waals surface area contributed by atoms with Crippen molar-refractivity contribution in [2.24, 2.45) is 0 Å². The minimum atomic E-state index is 0. The normalized spacial score (nSPS) is 24.4. The van der Waals surface area contributed by atoms with Crippen LogP contribution >= 0.6 is 12.4 Å². The number of nitrogens with zero attached hydrogens (tertiary/aromatic N) is 1. The van der Waals surface area contributed by atoms with Crippen LogP contribution < -0.4 is 5.32 Å². The zero-order valence-corrected chi connectivity index (χ0v) is 11.2. The van der Waals surface area contributed by atoms with Crippen molar-refractivity contribution in [1.82, 2.24) is 10.5 Å². The number of hydrogen-bond donors (Lipinski definition) is 1. The minimum absolute atomic E-state index is 0. The zero-order valence-electron chi connectivity index (χ0n) is 10.3. The molecule has 0 radical (unpaired) electrons. The first kappa shape index (κ1) is 12.7. The van der Waals surface area contributed by atoms with Crippen LogP contribution in [0.3, 0.4) is 0 Å². The van der Waals surface area contributed by atoms with E-state index in [9.17, 15) is 0 Å². The van der Waals surface area contributed by atoms with Gasteiger partial charge in [-0.3, -0.25) is 0 Å². The largest absolute Gasteiger partial charge is 0.371 e. The standard InChI is InChI=1S/C14H14N2O2.ClH/c1-2-10(9-4-16-18-7-9)13-8-17-14-6-15-5-12(14)11(13)3-1;/h1-4,7,12,14-15H,5-6,8H2;1H. The summed E-state index contributed by atoms with van der Waals surface area (Å²) >= 11 is 0. The second kappa shape index (κ2) is 4.96. The maximum atomic E-state index is 5.95. The van der Waals surface area contributed by atoms with Crippen LogP contribution in [0, 0.1) is 0 Å². The van der Waals surface area contributed by atoms with Gasteiger partial charge in [0.1, 0.15) is 6.26 Å². The van der Waals surface area contributed by atoms with Gasteiger partial charge in [0.25, 0.3) is 0 Å². The van der Waals surface area contributed by atoms with Gasteiger partial charge in [0.2, 0.25) is 0 Å². The number of ether oxygens (including phenoxy) is 1. The highest BCUT2D eigenvalue weighted by molar-refractivity contribution is 5.85. The van der Waals surface area contributed by atoms with Crippen LogP contribution in [0.4, 0.5) is 0 Å². The van der Waals surface area contributed by atoms with Crippen LogP contribution in [0.15, 0.2) is 35.2 Å². The van der Waals surface area contributed by atoms with Gasteiger partial charge in [-0.25, -0.2) is 0 Å². The van der Waals surface area contributed by atoms with Gasteiger partial charge in [0, 0.05) is 24.6 Å². The van der Waals surface area contributed by atoms with Crippen LogP contribution in [-0.2, 0) is 11.3 Å². The summed E-state index contributed by atoms with van der Waals surface area (Å²) in [5, 5.41) is 7.19. The maximum Gasteiger partial charge on any atom is 0.131 e. The van der Waals surface area contributed by atoms with E-state index >= 15 is 0 Å². The van der Waals surface area contributed by atoms with Crippen LogP contribution in [0.2, 0.25) is 0 Å². The molecule has 19 heavy (non-hydrogen) atoms. The lowest BCUT2D eigenvalue weighted by molar-refractivity contribution is 0.0302. The molecule has 0 saturated carbocycles. The van der Waals surface area contributed by atoms with E-state index in [0.29, 0.717) is 18.6 Å². The molecule has 0 amide bonds. The van der Waals surface area contributed by atoms with Crippen molar-refractivity contribution in [3.05, 3.63) is 41.8 Å². The smallest absolute Gasteiger partial charge is 0.131 e. The number of fused-ring (bicyclic) bond motifs is 3. The van der Waals surface area contributed by atoms with Crippen LogP contribution in [0.25, 0.3) is 11.1 Å². The molecule has 2 aliphatic rings. The molecular weight excluding hydrogens is 264 g/mol. The summed E-state index contributed by atoms with van der Waals surface area (Å²) in [6.45, 7) is 2.64. The van der Waals surface area contributed by atoms with Gasteiger partial charge >= 0.3 is 0 Å². The third-order valence-electron chi connectivity index (χ3n) is 3.96. The summed E-state index contributed by atoms with van der Waals surface area (Å²) in [6.07, 6.45) is 3.78. The van der Waals surface area contributed by atoms with Crippen molar-refractivity contribution in [3.8, 4) is 11.1 Å². The van der Waals surface area contributed by atoms with Gasteiger partial charge in [0.05, 0.1) is 18.9 Å². The van der Waals surface area contributed by atoms with E-state index in [1.165, 1.54) is 16.7 Å². The molecule has 0 spiro atoms. The molecule has 2 aromatic rings. The lowest BCUT2D eigenvalue weighted by Gasteiger charge is -2.29. The summed E-state index contributed by atoms with van der Waals surface area (Å²) in [6, 6.07) is 6.44. The molecule has 1 aromatic heterocycles. The summed E-state index contributed by atoms with van der Waals surface area (Å²) in [5.74, 6) is 0.480. The molecule has 2 aliphatic heterocycles. The van der Waals surface area contributed by atoms with E-state index in [-0.39, 0.29) is 12.4 Å². The Morgan fingerprint density at radius 3 is 3.05 bits per heavy atom. The predicted molar refractivity (Wildman–Crippen MR) is 73.4 cm³/mol. The quantitative estimate of drug-likeness (QED) is 0.870. The average Bonchev–Trinajstić information content (AvgIpc) is 3.09. The first-order chi connectivity index (χ1) is 8.93. The Morgan fingerprint density at radius 1 is 1.26 bits per heavy atom. The molecule has 100 valence electrons. The van der Waals surface area contributed by atoms with E-state index in [1.807, 2.05) is 0 Å². The molecule has 5 heteroatoms. The second-order valence-corrected chi connectivity index (χ2v) is 4.90. The summed E-state index contributed by atoms with van der Waals surface area (Å²) in [5.41, 5.74) is 4.90. The third kappa shape index (κ3) is 1.96. The fourth-order valence-electron chi connectivity index (χ4n) is 3.05. The van der Waals surface area contributed by atoms with Gasteiger partial charge in [-0.1, -0.05) is 23.4 Å². The number of nitrogens with one attached hydrogen (secondary N) is 1. The summed E-state index contributed by atoms with van der Waals surface area (Å²) < 4.78 is 10.9. The van der Waals surface area contributed by atoms with Gasteiger partial charge in [-0.05, 0) is 16.7 Å². The van der Waals surface area contributed by atoms with Crippen molar-refractivity contribution >= 4 is 12.4 Å². The first-order valence-corrected chi connectivity index (χ1v) is 6.27. The Balaban J connectivity index is 0.00000110. The highest BCUT2D eigenvalue weighted by Gasteiger charge is 2.35. The Kier molecular flexibility index (Phi) is 3.31. The monoisotopic (exact) mass is 278 g/mol. The van der Waals surface area contributed by atoms with Crippen molar-refractivity contribution < 1.29 is 9.26 Å². The van der Waals surface area contributed by atoms with Gasteiger partial charge in [-0.2, -0.15) is 0 Å². The Bertz CT molecular complexity index is 571. The maximum absolute atomic E-state index is 5.95. The van der Waals surface area contributed by atoms with E-state index in [4.69, 9.17) is 9.26 Å². The lowest BCUT2D eigenvalue weighted by atomic mass is 9.86. The molecule has 2 atom stereocenters.